The van der Waals surface area contributed by atoms with Gasteiger partial charge in [0.2, 0.25) is 5.91 Å². The standard InChI is InChI=1S/C27H32ClN3O4S/c1-17(32)30(14-8-13-29)26-25(33)31(16-27(2,3)4)21-12-11-18(28)15-20(21)24(36-26)19-9-7-10-22(34-5)23(19)35-6/h7,9-12,15,24,26H,8,14,16H2,1-6H3/t24-,26-/m1/s1. The van der Waals surface area contributed by atoms with Crippen molar-refractivity contribution in [3.8, 4) is 17.6 Å². The summed E-state index contributed by atoms with van der Waals surface area (Å²) < 4.78 is 11.3. The van der Waals surface area contributed by atoms with Gasteiger partial charge in [0.15, 0.2) is 16.9 Å². The highest BCUT2D eigenvalue weighted by Gasteiger charge is 2.42. The van der Waals surface area contributed by atoms with Gasteiger partial charge in [-0.15, -0.1) is 11.8 Å². The van der Waals surface area contributed by atoms with Crippen LogP contribution in [0.25, 0.3) is 0 Å². The maximum atomic E-state index is 14.2. The number of ether oxygens (including phenoxy) is 2. The number of benzene rings is 2. The van der Waals surface area contributed by atoms with E-state index in [-0.39, 0.29) is 30.2 Å². The summed E-state index contributed by atoms with van der Waals surface area (Å²) >= 11 is 7.82. The van der Waals surface area contributed by atoms with Gasteiger partial charge in [-0.1, -0.05) is 44.5 Å². The Labute approximate surface area is 222 Å². The van der Waals surface area contributed by atoms with Crippen molar-refractivity contribution >= 4 is 40.9 Å². The van der Waals surface area contributed by atoms with Gasteiger partial charge in [0.05, 0.1) is 32.0 Å². The lowest BCUT2D eigenvalue weighted by molar-refractivity contribution is -0.134. The van der Waals surface area contributed by atoms with E-state index in [2.05, 4.69) is 26.8 Å². The molecule has 2 aromatic carbocycles. The molecule has 3 rings (SSSR count). The zero-order chi connectivity index (χ0) is 26.6. The lowest BCUT2D eigenvalue weighted by atomic mass is 9.94. The van der Waals surface area contributed by atoms with Crippen LogP contribution in [0.1, 0.15) is 50.5 Å². The number of methoxy groups -OCH3 is 2. The third-order valence-corrected chi connectivity index (χ3v) is 7.53. The predicted octanol–water partition coefficient (Wildman–Crippen LogP) is 5.66. The van der Waals surface area contributed by atoms with Gasteiger partial charge in [-0.05, 0) is 35.2 Å². The largest absolute Gasteiger partial charge is 0.493 e. The molecular weight excluding hydrogens is 498 g/mol. The first kappa shape index (κ1) is 27.7. The molecule has 2 aromatic rings. The van der Waals surface area contributed by atoms with E-state index in [1.54, 1.807) is 25.2 Å². The van der Waals surface area contributed by atoms with E-state index in [1.807, 2.05) is 30.3 Å². The summed E-state index contributed by atoms with van der Waals surface area (Å²) in [7, 11) is 3.15. The SMILES string of the molecule is COc1cccc([C@H]2S[C@@H](N(CCC#N)C(C)=O)C(=O)N(CC(C)(C)C)c3ccc(Cl)cc32)c1OC. The number of hydrogen-bond acceptors (Lipinski definition) is 6. The molecule has 1 heterocycles. The highest BCUT2D eigenvalue weighted by atomic mass is 35.5. The summed E-state index contributed by atoms with van der Waals surface area (Å²) in [5.41, 5.74) is 2.14. The Hall–Kier alpha value is -2.89. The first-order valence-electron chi connectivity index (χ1n) is 11.6. The van der Waals surface area contributed by atoms with E-state index in [9.17, 15) is 14.9 Å². The minimum absolute atomic E-state index is 0.120. The maximum absolute atomic E-state index is 14.2. The number of nitriles is 1. The number of para-hydroxylation sites is 1. The van der Waals surface area contributed by atoms with Gasteiger partial charge in [0, 0.05) is 36.3 Å². The average molecular weight is 530 g/mol. The summed E-state index contributed by atoms with van der Waals surface area (Å²) in [5, 5.41) is 8.49. The van der Waals surface area contributed by atoms with Crippen LogP contribution in [0.3, 0.4) is 0 Å². The molecule has 0 saturated carbocycles. The molecule has 0 spiro atoms. The summed E-state index contributed by atoms with van der Waals surface area (Å²) in [6.07, 6.45) is 0.120. The van der Waals surface area contributed by atoms with Crippen LogP contribution in [0.5, 0.6) is 11.5 Å². The number of halogens is 1. The molecule has 192 valence electrons. The fraction of sp³-hybridized carbons (Fsp3) is 0.444. The zero-order valence-corrected chi connectivity index (χ0v) is 23.1. The van der Waals surface area contributed by atoms with E-state index in [0.717, 1.165) is 16.8 Å². The summed E-state index contributed by atoms with van der Waals surface area (Å²) in [5.74, 6) is 0.624. The van der Waals surface area contributed by atoms with E-state index in [1.165, 1.54) is 23.6 Å². The van der Waals surface area contributed by atoms with Crippen LogP contribution in [0.15, 0.2) is 36.4 Å². The minimum atomic E-state index is -0.856. The van der Waals surface area contributed by atoms with E-state index in [4.69, 9.17) is 21.1 Å². The number of fused-ring (bicyclic) bond motifs is 1. The minimum Gasteiger partial charge on any atom is -0.493 e. The van der Waals surface area contributed by atoms with E-state index < -0.39 is 10.6 Å². The molecule has 0 bridgehead atoms. The van der Waals surface area contributed by atoms with Crippen molar-refractivity contribution in [3.05, 3.63) is 52.5 Å². The Bertz CT molecular complexity index is 1170. The second-order valence-electron chi connectivity index (χ2n) is 9.76. The molecule has 2 amide bonds. The first-order valence-corrected chi connectivity index (χ1v) is 13.0. The third kappa shape index (κ3) is 5.91. The van der Waals surface area contributed by atoms with E-state index >= 15 is 0 Å². The van der Waals surface area contributed by atoms with Gasteiger partial charge >= 0.3 is 0 Å². The fourth-order valence-corrected chi connectivity index (χ4v) is 6.06. The van der Waals surface area contributed by atoms with Gasteiger partial charge in [0.25, 0.3) is 5.91 Å². The lowest BCUT2D eigenvalue weighted by Gasteiger charge is -2.35. The van der Waals surface area contributed by atoms with Gasteiger partial charge in [-0.25, -0.2) is 0 Å². The van der Waals surface area contributed by atoms with Gasteiger partial charge in [-0.2, -0.15) is 5.26 Å². The molecule has 1 aliphatic rings. The van der Waals surface area contributed by atoms with Crippen LogP contribution >= 0.6 is 23.4 Å². The molecule has 0 aliphatic carbocycles. The Morgan fingerprint density at radius 3 is 2.50 bits per heavy atom. The van der Waals surface area contributed by atoms with Gasteiger partial charge in [-0.3, -0.25) is 9.59 Å². The molecule has 0 radical (unpaired) electrons. The molecule has 0 saturated heterocycles. The molecular formula is C27H32ClN3O4S. The van der Waals surface area contributed by atoms with Gasteiger partial charge in [0.1, 0.15) is 0 Å². The highest BCUT2D eigenvalue weighted by Crippen LogP contribution is 2.51. The number of amides is 2. The lowest BCUT2D eigenvalue weighted by Crippen LogP contribution is -2.50. The molecule has 2 atom stereocenters. The molecule has 0 unspecified atom stereocenters. The Morgan fingerprint density at radius 1 is 1.19 bits per heavy atom. The van der Waals surface area contributed by atoms with Crippen LogP contribution in [0.2, 0.25) is 5.02 Å². The number of hydrogen-bond donors (Lipinski definition) is 0. The van der Waals surface area contributed by atoms with Crippen molar-refractivity contribution in [2.45, 2.75) is 44.7 Å². The summed E-state index contributed by atoms with van der Waals surface area (Å²) in [6, 6.07) is 13.2. The predicted molar refractivity (Wildman–Crippen MR) is 144 cm³/mol. The smallest absolute Gasteiger partial charge is 0.260 e. The Morgan fingerprint density at radius 2 is 1.92 bits per heavy atom. The molecule has 1 aliphatic heterocycles. The second-order valence-corrected chi connectivity index (χ2v) is 11.4. The zero-order valence-electron chi connectivity index (χ0n) is 21.5. The van der Waals surface area contributed by atoms with Crippen LogP contribution in [0, 0.1) is 16.7 Å². The van der Waals surface area contributed by atoms with Crippen molar-refractivity contribution in [1.82, 2.24) is 4.90 Å². The second kappa shape index (κ2) is 11.4. The topological polar surface area (TPSA) is 82.9 Å². The first-order chi connectivity index (χ1) is 17.0. The van der Waals surface area contributed by atoms with Crippen molar-refractivity contribution < 1.29 is 19.1 Å². The van der Waals surface area contributed by atoms with Crippen LogP contribution in [-0.4, -0.2) is 49.4 Å². The van der Waals surface area contributed by atoms with Crippen LogP contribution < -0.4 is 14.4 Å². The van der Waals surface area contributed by atoms with Crippen molar-refractivity contribution in [3.63, 3.8) is 0 Å². The summed E-state index contributed by atoms with van der Waals surface area (Å²) in [6.45, 7) is 8.19. The number of carbonyl (C=O) groups excluding carboxylic acids is 2. The molecule has 7 nitrogen and oxygen atoms in total. The molecule has 36 heavy (non-hydrogen) atoms. The van der Waals surface area contributed by atoms with Crippen LogP contribution in [-0.2, 0) is 9.59 Å². The monoisotopic (exact) mass is 529 g/mol. The van der Waals surface area contributed by atoms with Crippen molar-refractivity contribution in [2.24, 2.45) is 5.41 Å². The van der Waals surface area contributed by atoms with Crippen molar-refractivity contribution in [2.75, 3.05) is 32.2 Å². The van der Waals surface area contributed by atoms with E-state index in [0.29, 0.717) is 23.1 Å². The molecule has 0 N–H and O–H groups in total. The van der Waals surface area contributed by atoms with Crippen molar-refractivity contribution in [1.29, 1.82) is 5.26 Å². The number of nitrogens with zero attached hydrogens (tertiary/aromatic N) is 3. The number of rotatable bonds is 7. The van der Waals surface area contributed by atoms with Gasteiger partial charge < -0.3 is 19.3 Å². The quantitative estimate of drug-likeness (QED) is 0.460. The Kier molecular flexibility index (Phi) is 8.80. The normalized spacial score (nSPS) is 17.6. The Balaban J connectivity index is 2.31. The molecule has 0 aromatic heterocycles. The number of thioether (sulfide) groups is 1. The maximum Gasteiger partial charge on any atom is 0.260 e. The number of anilines is 1. The summed E-state index contributed by atoms with van der Waals surface area (Å²) in [4.78, 5) is 30.2. The number of carbonyl (C=O) groups is 2. The fourth-order valence-electron chi connectivity index (χ4n) is 4.31. The van der Waals surface area contributed by atoms with Crippen LogP contribution in [0.4, 0.5) is 5.69 Å². The highest BCUT2D eigenvalue weighted by molar-refractivity contribution is 8.01. The molecule has 0 fully saturated rings. The molecule has 9 heteroatoms. The average Bonchev–Trinajstić information content (AvgIpc) is 2.93. The third-order valence-electron chi connectivity index (χ3n) is 5.81.